The van der Waals surface area contributed by atoms with Gasteiger partial charge in [0.15, 0.2) is 5.11 Å². The van der Waals surface area contributed by atoms with Crippen LogP contribution in [-0.4, -0.2) is 43.2 Å². The Kier molecular flexibility index (Phi) is 6.62. The number of thiocarbonyl (C=S) groups is 1. The Balaban J connectivity index is 1.77. The zero-order chi connectivity index (χ0) is 17.7. The van der Waals surface area contributed by atoms with E-state index in [0.717, 1.165) is 37.4 Å². The molecule has 0 aromatic carbocycles. The molecule has 0 saturated carbocycles. The van der Waals surface area contributed by atoms with Gasteiger partial charge in [-0.05, 0) is 45.5 Å². The lowest BCUT2D eigenvalue weighted by Crippen LogP contribution is -2.37. The van der Waals surface area contributed by atoms with Crippen molar-refractivity contribution < 1.29 is 0 Å². The van der Waals surface area contributed by atoms with E-state index in [0.29, 0.717) is 16.7 Å². The quantitative estimate of drug-likeness (QED) is 0.601. The molecule has 1 N–H and O–H groups in total. The van der Waals surface area contributed by atoms with Crippen molar-refractivity contribution in [3.8, 4) is 0 Å². The van der Waals surface area contributed by atoms with Gasteiger partial charge in [-0.3, -0.25) is 9.36 Å². The highest BCUT2D eigenvalue weighted by Crippen LogP contribution is 2.16. The first-order chi connectivity index (χ1) is 11.4. The van der Waals surface area contributed by atoms with Gasteiger partial charge in [0.25, 0.3) is 0 Å². The molecule has 0 amide bonds. The van der Waals surface area contributed by atoms with Gasteiger partial charge < -0.3 is 10.2 Å². The first-order valence-corrected chi connectivity index (χ1v) is 8.91. The fourth-order valence-electron chi connectivity index (χ4n) is 2.57. The Morgan fingerprint density at radius 3 is 2.75 bits per heavy atom. The maximum Gasteiger partial charge on any atom is 0.169 e. The van der Waals surface area contributed by atoms with Crippen LogP contribution in [0.2, 0.25) is 5.02 Å². The van der Waals surface area contributed by atoms with Crippen molar-refractivity contribution in [2.45, 2.75) is 46.8 Å². The average molecular weight is 369 g/mol. The van der Waals surface area contributed by atoms with Crippen molar-refractivity contribution in [2.24, 2.45) is 0 Å². The number of aryl methyl sites for hydroxylation is 4. The summed E-state index contributed by atoms with van der Waals surface area (Å²) in [6.07, 6.45) is 2.64. The summed E-state index contributed by atoms with van der Waals surface area (Å²) in [7, 11) is 1.96. The molecule has 2 heterocycles. The van der Waals surface area contributed by atoms with Gasteiger partial charge in [-0.15, -0.1) is 0 Å². The normalized spacial score (nSPS) is 10.9. The molecule has 0 fully saturated rings. The topological polar surface area (TPSA) is 50.9 Å². The van der Waals surface area contributed by atoms with Gasteiger partial charge in [-0.25, -0.2) is 0 Å². The van der Waals surface area contributed by atoms with Crippen LogP contribution in [-0.2, 0) is 19.6 Å². The predicted octanol–water partition coefficient (Wildman–Crippen LogP) is 2.77. The highest BCUT2D eigenvalue weighted by molar-refractivity contribution is 7.80. The molecular weight excluding hydrogens is 344 g/mol. The number of hydrogen-bond acceptors (Lipinski definition) is 3. The molecule has 8 heteroatoms. The van der Waals surface area contributed by atoms with Crippen LogP contribution in [0.5, 0.6) is 0 Å². The Morgan fingerprint density at radius 2 is 2.12 bits per heavy atom. The monoisotopic (exact) mass is 368 g/mol. The minimum Gasteiger partial charge on any atom is -0.362 e. The molecule has 6 nitrogen and oxygen atoms in total. The van der Waals surface area contributed by atoms with Gasteiger partial charge in [0, 0.05) is 32.4 Å². The second kappa shape index (κ2) is 8.48. The number of hydrogen-bond donors (Lipinski definition) is 1. The van der Waals surface area contributed by atoms with Gasteiger partial charge >= 0.3 is 0 Å². The smallest absolute Gasteiger partial charge is 0.169 e. The lowest BCUT2D eigenvalue weighted by Gasteiger charge is -2.21. The second-order valence-electron chi connectivity index (χ2n) is 5.85. The third kappa shape index (κ3) is 4.70. The fraction of sp³-hybridized carbons (Fsp3) is 0.562. The van der Waals surface area contributed by atoms with Crippen molar-refractivity contribution >= 4 is 28.9 Å². The van der Waals surface area contributed by atoms with Crippen molar-refractivity contribution in [3.05, 3.63) is 34.4 Å². The molecule has 132 valence electrons. The van der Waals surface area contributed by atoms with Gasteiger partial charge in [-0.1, -0.05) is 11.6 Å². The van der Waals surface area contributed by atoms with Crippen molar-refractivity contribution in [3.63, 3.8) is 0 Å². The molecular formula is C16H25ClN6S. The second-order valence-corrected chi connectivity index (χ2v) is 6.64. The number of nitrogens with zero attached hydrogens (tertiary/aromatic N) is 5. The van der Waals surface area contributed by atoms with E-state index in [9.17, 15) is 0 Å². The molecule has 0 atom stereocenters. The minimum atomic E-state index is 0.635. The molecule has 24 heavy (non-hydrogen) atoms. The summed E-state index contributed by atoms with van der Waals surface area (Å²) in [5.41, 5.74) is 3.23. The first-order valence-electron chi connectivity index (χ1n) is 8.12. The molecule has 2 aromatic heterocycles. The molecule has 0 bridgehead atoms. The van der Waals surface area contributed by atoms with Crippen LogP contribution in [0.3, 0.4) is 0 Å². The zero-order valence-electron chi connectivity index (χ0n) is 14.7. The highest BCUT2D eigenvalue weighted by Gasteiger charge is 2.12. The molecule has 0 aliphatic carbocycles. The number of rotatable bonds is 7. The van der Waals surface area contributed by atoms with Crippen molar-refractivity contribution in [1.29, 1.82) is 0 Å². The third-order valence-electron chi connectivity index (χ3n) is 3.86. The average Bonchev–Trinajstić information content (AvgIpc) is 3.05. The molecule has 0 saturated heterocycles. The van der Waals surface area contributed by atoms with E-state index in [1.807, 2.05) is 35.2 Å². The third-order valence-corrected chi connectivity index (χ3v) is 4.63. The summed E-state index contributed by atoms with van der Waals surface area (Å²) in [5, 5.41) is 13.4. The van der Waals surface area contributed by atoms with Gasteiger partial charge in [0.2, 0.25) is 0 Å². The van der Waals surface area contributed by atoms with Gasteiger partial charge in [0.05, 0.1) is 29.2 Å². The standard InChI is InChI=1S/C16H25ClN6S/c1-5-22-15(14(17)10-19-22)11-21(4)16(24)18-7-6-8-23-13(3)9-12(2)20-23/h9-10H,5-8,11H2,1-4H3,(H,18,24). The van der Waals surface area contributed by atoms with Crippen LogP contribution >= 0.6 is 23.8 Å². The van der Waals surface area contributed by atoms with Crippen LogP contribution in [0.1, 0.15) is 30.4 Å². The highest BCUT2D eigenvalue weighted by atomic mass is 35.5. The van der Waals surface area contributed by atoms with Crippen molar-refractivity contribution in [2.75, 3.05) is 13.6 Å². The van der Waals surface area contributed by atoms with Crippen molar-refractivity contribution in [1.82, 2.24) is 29.8 Å². The lowest BCUT2D eigenvalue weighted by molar-refractivity contribution is 0.454. The van der Waals surface area contributed by atoms with E-state index < -0.39 is 0 Å². The molecule has 0 unspecified atom stereocenters. The van der Waals surface area contributed by atoms with Crippen LogP contribution in [0.4, 0.5) is 0 Å². The number of nitrogens with one attached hydrogen (secondary N) is 1. The molecule has 2 rings (SSSR count). The van der Waals surface area contributed by atoms with Crippen LogP contribution in [0.25, 0.3) is 0 Å². The SMILES string of the molecule is CCn1ncc(Cl)c1CN(C)C(=S)NCCCn1nc(C)cc1C. The molecule has 0 aliphatic heterocycles. The summed E-state index contributed by atoms with van der Waals surface area (Å²) in [6, 6.07) is 2.09. The minimum absolute atomic E-state index is 0.635. The van der Waals surface area contributed by atoms with E-state index in [2.05, 4.69) is 28.5 Å². The summed E-state index contributed by atoms with van der Waals surface area (Å²) in [4.78, 5) is 1.98. The molecule has 2 aromatic rings. The van der Waals surface area contributed by atoms with E-state index in [1.54, 1.807) is 6.20 Å². The van der Waals surface area contributed by atoms with E-state index in [1.165, 1.54) is 5.69 Å². The fourth-order valence-corrected chi connectivity index (χ4v) is 2.94. The van der Waals surface area contributed by atoms with Crippen LogP contribution in [0.15, 0.2) is 12.3 Å². The Morgan fingerprint density at radius 1 is 1.38 bits per heavy atom. The van der Waals surface area contributed by atoms with E-state index in [-0.39, 0.29) is 0 Å². The first kappa shape index (κ1) is 18.7. The molecule has 0 spiro atoms. The van der Waals surface area contributed by atoms with Gasteiger partial charge in [0.1, 0.15) is 0 Å². The molecule has 0 aliphatic rings. The largest absolute Gasteiger partial charge is 0.362 e. The maximum absolute atomic E-state index is 6.20. The summed E-state index contributed by atoms with van der Waals surface area (Å²) in [5.74, 6) is 0. The van der Waals surface area contributed by atoms with Crippen LogP contribution < -0.4 is 5.32 Å². The Hall–Kier alpha value is -1.60. The number of halogens is 1. The van der Waals surface area contributed by atoms with Crippen LogP contribution in [0, 0.1) is 13.8 Å². The predicted molar refractivity (Wildman–Crippen MR) is 101 cm³/mol. The molecule has 0 radical (unpaired) electrons. The Bertz CT molecular complexity index is 693. The summed E-state index contributed by atoms with van der Waals surface area (Å²) in [6.45, 7) is 9.25. The van der Waals surface area contributed by atoms with E-state index in [4.69, 9.17) is 23.8 Å². The van der Waals surface area contributed by atoms with Gasteiger partial charge in [-0.2, -0.15) is 10.2 Å². The summed E-state index contributed by atoms with van der Waals surface area (Å²) >= 11 is 11.7. The summed E-state index contributed by atoms with van der Waals surface area (Å²) < 4.78 is 3.92. The lowest BCUT2D eigenvalue weighted by atomic mass is 10.3. The van der Waals surface area contributed by atoms with E-state index >= 15 is 0 Å². The Labute approximate surface area is 153 Å². The maximum atomic E-state index is 6.20. The number of aromatic nitrogens is 4. The zero-order valence-corrected chi connectivity index (χ0v) is 16.3.